The standard InChI is InChI=1S/C37H72NO7P/c1-3-5-7-9-11-13-15-17-18-19-21-23-25-27-29-32-42-34-36(35-44-46(40,41)43-33-31-38)45-37(39)30-28-26-24-22-20-16-14-12-10-8-6-4-2/h9,11,15,17,36H,3-8,10,12-14,16,18-35,38H2,1-2H3,(H,40,41)/b11-9-,17-15-. The molecule has 0 saturated carbocycles. The van der Waals surface area contributed by atoms with Crippen LogP contribution in [0.4, 0.5) is 0 Å². The molecule has 272 valence electrons. The molecule has 3 N–H and O–H groups in total. The number of phosphoric acid groups is 1. The van der Waals surface area contributed by atoms with Crippen molar-refractivity contribution in [1.29, 1.82) is 0 Å². The lowest BCUT2D eigenvalue weighted by Crippen LogP contribution is -2.28. The number of hydrogen-bond donors (Lipinski definition) is 2. The van der Waals surface area contributed by atoms with Gasteiger partial charge in [0.2, 0.25) is 0 Å². The Hall–Kier alpha value is -1.02. The van der Waals surface area contributed by atoms with E-state index in [1.807, 2.05) is 0 Å². The van der Waals surface area contributed by atoms with Crippen LogP contribution in [0.2, 0.25) is 0 Å². The van der Waals surface area contributed by atoms with Gasteiger partial charge >= 0.3 is 13.8 Å². The van der Waals surface area contributed by atoms with Crippen LogP contribution in [0.5, 0.6) is 0 Å². The molecule has 2 unspecified atom stereocenters. The largest absolute Gasteiger partial charge is 0.472 e. The number of esters is 1. The first kappa shape index (κ1) is 45.0. The average Bonchev–Trinajstić information content (AvgIpc) is 3.04. The van der Waals surface area contributed by atoms with Crippen molar-refractivity contribution in [3.05, 3.63) is 24.3 Å². The van der Waals surface area contributed by atoms with Gasteiger partial charge in [-0.05, 0) is 38.5 Å². The molecule has 0 saturated heterocycles. The van der Waals surface area contributed by atoms with Gasteiger partial charge in [-0.25, -0.2) is 4.57 Å². The summed E-state index contributed by atoms with van der Waals surface area (Å²) in [5, 5.41) is 0. The second-order valence-electron chi connectivity index (χ2n) is 12.4. The van der Waals surface area contributed by atoms with Gasteiger partial charge in [0.1, 0.15) is 6.10 Å². The Morgan fingerprint density at radius 3 is 1.76 bits per heavy atom. The topological polar surface area (TPSA) is 117 Å². The van der Waals surface area contributed by atoms with Crippen molar-refractivity contribution in [1.82, 2.24) is 0 Å². The van der Waals surface area contributed by atoms with Gasteiger partial charge in [0.15, 0.2) is 0 Å². The quantitative estimate of drug-likeness (QED) is 0.0292. The highest BCUT2D eigenvalue weighted by atomic mass is 31.2. The first-order chi connectivity index (χ1) is 22.4. The lowest BCUT2D eigenvalue weighted by Gasteiger charge is -2.20. The normalized spacial score (nSPS) is 13.9. The summed E-state index contributed by atoms with van der Waals surface area (Å²) < 4.78 is 33.3. The highest BCUT2D eigenvalue weighted by Gasteiger charge is 2.25. The minimum Gasteiger partial charge on any atom is -0.457 e. The number of hydrogen-bond acceptors (Lipinski definition) is 7. The molecular weight excluding hydrogens is 601 g/mol. The van der Waals surface area contributed by atoms with E-state index in [0.29, 0.717) is 13.0 Å². The molecule has 0 spiro atoms. The molecule has 0 aromatic heterocycles. The van der Waals surface area contributed by atoms with Crippen LogP contribution in [0.25, 0.3) is 0 Å². The fraction of sp³-hybridized carbons (Fsp3) is 0.865. The summed E-state index contributed by atoms with van der Waals surface area (Å²) in [4.78, 5) is 22.3. The fourth-order valence-electron chi connectivity index (χ4n) is 5.07. The molecule has 0 aromatic rings. The van der Waals surface area contributed by atoms with E-state index < -0.39 is 13.9 Å². The van der Waals surface area contributed by atoms with E-state index in [4.69, 9.17) is 24.3 Å². The molecule has 0 bridgehead atoms. The van der Waals surface area contributed by atoms with E-state index in [2.05, 4.69) is 38.2 Å². The van der Waals surface area contributed by atoms with Crippen LogP contribution in [0.1, 0.15) is 168 Å². The zero-order valence-corrected chi connectivity index (χ0v) is 30.7. The Bertz CT molecular complexity index is 762. The summed E-state index contributed by atoms with van der Waals surface area (Å²) >= 11 is 0. The Balaban J connectivity index is 4.10. The van der Waals surface area contributed by atoms with Crippen LogP contribution >= 0.6 is 7.82 Å². The van der Waals surface area contributed by atoms with Crippen LogP contribution < -0.4 is 5.73 Å². The lowest BCUT2D eigenvalue weighted by molar-refractivity contribution is -0.154. The smallest absolute Gasteiger partial charge is 0.457 e. The van der Waals surface area contributed by atoms with Crippen molar-refractivity contribution in [3.63, 3.8) is 0 Å². The molecule has 0 radical (unpaired) electrons. The second kappa shape index (κ2) is 35.3. The van der Waals surface area contributed by atoms with Crippen molar-refractivity contribution in [3.8, 4) is 0 Å². The maximum absolute atomic E-state index is 12.5. The van der Waals surface area contributed by atoms with Crippen LogP contribution in [0.3, 0.4) is 0 Å². The molecule has 0 aliphatic rings. The number of carbonyl (C=O) groups excluding carboxylic acids is 1. The van der Waals surface area contributed by atoms with Crippen molar-refractivity contribution in [2.75, 3.05) is 33.0 Å². The first-order valence-corrected chi connectivity index (χ1v) is 20.3. The molecule has 46 heavy (non-hydrogen) atoms. The number of allylic oxidation sites excluding steroid dienone is 4. The number of phosphoric ester groups is 1. The highest BCUT2D eigenvalue weighted by Crippen LogP contribution is 2.43. The Kier molecular flexibility index (Phi) is 34.5. The molecule has 2 atom stereocenters. The van der Waals surface area contributed by atoms with Gasteiger partial charge in [-0.1, -0.05) is 147 Å². The monoisotopic (exact) mass is 674 g/mol. The molecule has 0 aromatic carbocycles. The minimum absolute atomic E-state index is 0.0960. The van der Waals surface area contributed by atoms with Gasteiger partial charge in [0, 0.05) is 19.6 Å². The predicted octanol–water partition coefficient (Wildman–Crippen LogP) is 10.5. The van der Waals surface area contributed by atoms with Crippen molar-refractivity contribution in [2.45, 2.75) is 174 Å². The van der Waals surface area contributed by atoms with Crippen LogP contribution in [0.15, 0.2) is 24.3 Å². The summed E-state index contributed by atoms with van der Waals surface area (Å²) in [6.07, 6.45) is 36.1. The van der Waals surface area contributed by atoms with Gasteiger partial charge in [-0.2, -0.15) is 0 Å². The number of ether oxygens (including phenoxy) is 2. The van der Waals surface area contributed by atoms with E-state index in [9.17, 15) is 14.3 Å². The maximum Gasteiger partial charge on any atom is 0.472 e. The molecule has 0 aliphatic carbocycles. The summed E-state index contributed by atoms with van der Waals surface area (Å²) in [5.41, 5.74) is 5.35. The molecular formula is C37H72NO7P. The summed E-state index contributed by atoms with van der Waals surface area (Å²) in [5.74, 6) is -0.335. The van der Waals surface area contributed by atoms with Crippen molar-refractivity contribution < 1.29 is 32.8 Å². The summed E-state index contributed by atoms with van der Waals surface area (Å²) in [6, 6.07) is 0. The molecule has 0 rings (SSSR count). The lowest BCUT2D eigenvalue weighted by atomic mass is 10.0. The van der Waals surface area contributed by atoms with Gasteiger partial charge in [-0.3, -0.25) is 13.8 Å². The minimum atomic E-state index is -4.27. The van der Waals surface area contributed by atoms with Gasteiger partial charge < -0.3 is 20.1 Å². The molecule has 9 heteroatoms. The number of nitrogens with two attached hydrogens (primary N) is 1. The Morgan fingerprint density at radius 1 is 0.652 bits per heavy atom. The molecule has 0 amide bonds. The van der Waals surface area contributed by atoms with E-state index in [-0.39, 0.29) is 32.3 Å². The fourth-order valence-corrected chi connectivity index (χ4v) is 5.84. The zero-order chi connectivity index (χ0) is 33.8. The molecule has 0 fully saturated rings. The highest BCUT2D eigenvalue weighted by molar-refractivity contribution is 7.47. The van der Waals surface area contributed by atoms with Crippen molar-refractivity contribution >= 4 is 13.8 Å². The second-order valence-corrected chi connectivity index (χ2v) is 13.9. The SMILES string of the molecule is CCCC/C=C\C/C=C\CCCCCCCCOCC(COP(=O)(O)OCCN)OC(=O)CCCCCCCCCCCCCC. The van der Waals surface area contributed by atoms with E-state index >= 15 is 0 Å². The number of rotatable bonds is 36. The van der Waals surface area contributed by atoms with Gasteiger partial charge in [0.05, 0.1) is 19.8 Å². The molecule has 8 nitrogen and oxygen atoms in total. The van der Waals surface area contributed by atoms with E-state index in [0.717, 1.165) is 44.9 Å². The number of carbonyl (C=O) groups is 1. The van der Waals surface area contributed by atoms with Crippen LogP contribution in [-0.2, 0) is 27.9 Å². The Labute approximate surface area is 283 Å². The van der Waals surface area contributed by atoms with E-state index in [1.165, 1.54) is 103 Å². The third-order valence-electron chi connectivity index (χ3n) is 7.87. The summed E-state index contributed by atoms with van der Waals surface area (Å²) in [6.45, 7) is 4.86. The van der Waals surface area contributed by atoms with Crippen molar-refractivity contribution in [2.24, 2.45) is 5.73 Å². The summed E-state index contributed by atoms with van der Waals surface area (Å²) in [7, 11) is -4.27. The average molecular weight is 674 g/mol. The predicted molar refractivity (Wildman–Crippen MR) is 192 cm³/mol. The van der Waals surface area contributed by atoms with Crippen LogP contribution in [-0.4, -0.2) is 49.9 Å². The zero-order valence-electron chi connectivity index (χ0n) is 29.8. The maximum atomic E-state index is 12.5. The van der Waals surface area contributed by atoms with Gasteiger partial charge in [-0.15, -0.1) is 0 Å². The molecule has 0 heterocycles. The third-order valence-corrected chi connectivity index (χ3v) is 8.86. The molecule has 0 aliphatic heterocycles. The third kappa shape index (κ3) is 34.3. The van der Waals surface area contributed by atoms with Gasteiger partial charge in [0.25, 0.3) is 0 Å². The first-order valence-electron chi connectivity index (χ1n) is 18.8. The Morgan fingerprint density at radius 2 is 1.17 bits per heavy atom. The number of unbranched alkanes of at least 4 members (excludes halogenated alkanes) is 19. The van der Waals surface area contributed by atoms with E-state index in [1.54, 1.807) is 0 Å². The van der Waals surface area contributed by atoms with Crippen LogP contribution in [0, 0.1) is 0 Å².